The van der Waals surface area contributed by atoms with Crippen molar-refractivity contribution in [3.05, 3.63) is 41.5 Å². The number of fused-ring (bicyclic) bond motifs is 1. The van der Waals surface area contributed by atoms with Crippen LogP contribution in [0.25, 0.3) is 0 Å². The molecular weight excluding hydrogens is 276 g/mol. The highest BCUT2D eigenvalue weighted by atomic mass is 16.3. The Morgan fingerprint density at radius 1 is 1.27 bits per heavy atom. The van der Waals surface area contributed by atoms with Crippen LogP contribution >= 0.6 is 0 Å². The van der Waals surface area contributed by atoms with E-state index >= 15 is 0 Å². The van der Waals surface area contributed by atoms with E-state index in [1.54, 1.807) is 6.07 Å². The Hall–Kier alpha value is -1.88. The van der Waals surface area contributed by atoms with Gasteiger partial charge in [0.1, 0.15) is 17.4 Å². The van der Waals surface area contributed by atoms with E-state index in [4.69, 9.17) is 0 Å². The van der Waals surface area contributed by atoms with Crippen LogP contribution in [0, 0.1) is 0 Å². The Bertz CT molecular complexity index is 637. The van der Waals surface area contributed by atoms with Crippen LogP contribution in [0.5, 0.6) is 5.75 Å². The second kappa shape index (κ2) is 6.48. The lowest BCUT2D eigenvalue weighted by Crippen LogP contribution is -2.27. The van der Waals surface area contributed by atoms with Crippen molar-refractivity contribution in [3.8, 4) is 5.75 Å². The number of hydrogen-bond donors (Lipinski definition) is 2. The minimum absolute atomic E-state index is 0.101. The molecule has 0 saturated heterocycles. The predicted molar refractivity (Wildman–Crippen MR) is 85.6 cm³/mol. The average Bonchev–Trinajstić information content (AvgIpc) is 2.97. The fraction of sp³-hybridized carbons (Fsp3) is 0.529. The van der Waals surface area contributed by atoms with Gasteiger partial charge in [-0.1, -0.05) is 25.1 Å². The topological polar surface area (TPSA) is 63.0 Å². The maximum absolute atomic E-state index is 10.1. The van der Waals surface area contributed by atoms with Gasteiger partial charge in [-0.3, -0.25) is 0 Å². The Morgan fingerprint density at radius 3 is 2.86 bits per heavy atom. The van der Waals surface area contributed by atoms with Crippen molar-refractivity contribution in [3.63, 3.8) is 0 Å². The number of para-hydroxylation sites is 1. The van der Waals surface area contributed by atoms with E-state index in [2.05, 4.69) is 33.9 Å². The molecule has 2 heterocycles. The second-order valence-corrected chi connectivity index (χ2v) is 5.99. The van der Waals surface area contributed by atoms with E-state index in [-0.39, 0.29) is 12.1 Å². The molecule has 1 aromatic carbocycles. The average molecular weight is 300 g/mol. The lowest BCUT2D eigenvalue weighted by Gasteiger charge is -2.24. The van der Waals surface area contributed by atoms with Gasteiger partial charge in [-0.05, 0) is 32.3 Å². The molecule has 5 heteroatoms. The maximum atomic E-state index is 10.1. The van der Waals surface area contributed by atoms with Gasteiger partial charge in [0.25, 0.3) is 0 Å². The Kier molecular flexibility index (Phi) is 4.43. The molecule has 2 N–H and O–H groups in total. The number of nitrogens with one attached hydrogen (secondary N) is 1. The zero-order valence-electron chi connectivity index (χ0n) is 13.3. The summed E-state index contributed by atoms with van der Waals surface area (Å²) in [6, 6.07) is 7.73. The van der Waals surface area contributed by atoms with Crippen LogP contribution in [0.3, 0.4) is 0 Å². The van der Waals surface area contributed by atoms with Gasteiger partial charge < -0.3 is 15.0 Å². The predicted octanol–water partition coefficient (Wildman–Crippen LogP) is 3.12. The van der Waals surface area contributed by atoms with Crippen molar-refractivity contribution in [2.45, 2.75) is 58.2 Å². The van der Waals surface area contributed by atoms with Gasteiger partial charge in [0.15, 0.2) is 0 Å². The van der Waals surface area contributed by atoms with E-state index in [9.17, 15) is 5.11 Å². The quantitative estimate of drug-likeness (QED) is 0.890. The Morgan fingerprint density at radius 2 is 2.09 bits per heavy atom. The number of phenols is 1. The number of aromatic nitrogens is 3. The third kappa shape index (κ3) is 2.86. The summed E-state index contributed by atoms with van der Waals surface area (Å²) in [6.45, 7) is 5.25. The van der Waals surface area contributed by atoms with E-state index in [0.29, 0.717) is 5.75 Å². The molecule has 0 aliphatic carbocycles. The highest BCUT2D eigenvalue weighted by Gasteiger charge is 2.23. The molecule has 0 saturated carbocycles. The fourth-order valence-electron chi connectivity index (χ4n) is 3.24. The smallest absolute Gasteiger partial charge is 0.149 e. The van der Waals surface area contributed by atoms with Gasteiger partial charge in [0.05, 0.1) is 6.04 Å². The SMILES string of the molecule is CC[C@@H](N[C@H](C)c1nnc2n1CCCC2)c1ccccc1O. The van der Waals surface area contributed by atoms with Gasteiger partial charge in [0, 0.05) is 24.6 Å². The molecule has 0 radical (unpaired) electrons. The number of rotatable bonds is 5. The largest absolute Gasteiger partial charge is 0.508 e. The van der Waals surface area contributed by atoms with Crippen LogP contribution in [0.2, 0.25) is 0 Å². The lowest BCUT2D eigenvalue weighted by molar-refractivity contribution is 0.398. The second-order valence-electron chi connectivity index (χ2n) is 5.99. The highest BCUT2D eigenvalue weighted by molar-refractivity contribution is 5.34. The van der Waals surface area contributed by atoms with E-state index in [1.807, 2.05) is 18.2 Å². The minimum atomic E-state index is 0.101. The van der Waals surface area contributed by atoms with E-state index in [1.165, 1.54) is 12.8 Å². The van der Waals surface area contributed by atoms with Crippen molar-refractivity contribution in [2.75, 3.05) is 0 Å². The van der Waals surface area contributed by atoms with Gasteiger partial charge in [-0.25, -0.2) is 0 Å². The van der Waals surface area contributed by atoms with Crippen LogP contribution in [0.4, 0.5) is 0 Å². The number of benzene rings is 1. The first-order valence-corrected chi connectivity index (χ1v) is 8.16. The van der Waals surface area contributed by atoms with Crippen LogP contribution in [-0.4, -0.2) is 19.9 Å². The molecule has 2 aromatic rings. The van der Waals surface area contributed by atoms with Crippen LogP contribution < -0.4 is 5.32 Å². The number of phenolic OH excluding ortho intramolecular Hbond substituents is 1. The molecule has 0 amide bonds. The Labute approximate surface area is 131 Å². The molecule has 118 valence electrons. The molecule has 0 unspecified atom stereocenters. The molecule has 3 rings (SSSR count). The minimum Gasteiger partial charge on any atom is -0.508 e. The molecule has 0 bridgehead atoms. The summed E-state index contributed by atoms with van der Waals surface area (Å²) >= 11 is 0. The molecular formula is C17H24N4O. The number of aromatic hydroxyl groups is 1. The molecule has 1 aliphatic heterocycles. The molecule has 0 fully saturated rings. The summed E-state index contributed by atoms with van der Waals surface area (Å²) in [5.41, 5.74) is 0.940. The number of aryl methyl sites for hydroxylation is 1. The molecule has 22 heavy (non-hydrogen) atoms. The third-order valence-corrected chi connectivity index (χ3v) is 4.45. The van der Waals surface area contributed by atoms with Crippen molar-refractivity contribution in [1.82, 2.24) is 20.1 Å². The number of nitrogens with zero attached hydrogens (tertiary/aromatic N) is 3. The van der Waals surface area contributed by atoms with Crippen LogP contribution in [0.15, 0.2) is 24.3 Å². The monoisotopic (exact) mass is 300 g/mol. The normalized spacial score (nSPS) is 17.0. The fourth-order valence-corrected chi connectivity index (χ4v) is 3.24. The van der Waals surface area contributed by atoms with Crippen molar-refractivity contribution in [1.29, 1.82) is 0 Å². The van der Waals surface area contributed by atoms with Gasteiger partial charge in [0.2, 0.25) is 0 Å². The summed E-state index contributed by atoms with van der Waals surface area (Å²) in [5.74, 6) is 2.45. The summed E-state index contributed by atoms with van der Waals surface area (Å²) in [4.78, 5) is 0. The summed E-state index contributed by atoms with van der Waals surface area (Å²) < 4.78 is 2.25. The summed E-state index contributed by atoms with van der Waals surface area (Å²) in [5, 5.41) is 22.4. The summed E-state index contributed by atoms with van der Waals surface area (Å²) in [6.07, 6.45) is 4.33. The standard InChI is InChI=1S/C17H24N4O/c1-3-14(13-8-4-5-9-15(13)22)18-12(2)17-20-19-16-10-6-7-11-21(16)17/h4-5,8-9,12,14,18,22H,3,6-7,10-11H2,1-2H3/t12-,14-/m1/s1. The molecule has 2 atom stereocenters. The molecule has 1 aliphatic rings. The van der Waals surface area contributed by atoms with Crippen molar-refractivity contribution < 1.29 is 5.11 Å². The zero-order chi connectivity index (χ0) is 15.5. The van der Waals surface area contributed by atoms with Gasteiger partial charge in [-0.15, -0.1) is 10.2 Å². The number of hydrogen-bond acceptors (Lipinski definition) is 4. The van der Waals surface area contributed by atoms with Crippen LogP contribution in [0.1, 0.15) is 62.4 Å². The third-order valence-electron chi connectivity index (χ3n) is 4.45. The van der Waals surface area contributed by atoms with Crippen molar-refractivity contribution in [2.24, 2.45) is 0 Å². The molecule has 1 aromatic heterocycles. The maximum Gasteiger partial charge on any atom is 0.149 e. The van der Waals surface area contributed by atoms with Crippen molar-refractivity contribution >= 4 is 0 Å². The first-order chi connectivity index (χ1) is 10.7. The lowest BCUT2D eigenvalue weighted by atomic mass is 10.0. The first-order valence-electron chi connectivity index (χ1n) is 8.16. The summed E-state index contributed by atoms with van der Waals surface area (Å²) in [7, 11) is 0. The molecule has 0 spiro atoms. The zero-order valence-corrected chi connectivity index (χ0v) is 13.3. The first kappa shape index (κ1) is 15.0. The van der Waals surface area contributed by atoms with Crippen LogP contribution in [-0.2, 0) is 13.0 Å². The van der Waals surface area contributed by atoms with E-state index in [0.717, 1.165) is 36.6 Å². The Balaban J connectivity index is 1.79. The van der Waals surface area contributed by atoms with E-state index < -0.39 is 0 Å². The molecule has 5 nitrogen and oxygen atoms in total. The van der Waals surface area contributed by atoms with Gasteiger partial charge in [-0.2, -0.15) is 0 Å². The van der Waals surface area contributed by atoms with Gasteiger partial charge >= 0.3 is 0 Å². The highest BCUT2D eigenvalue weighted by Crippen LogP contribution is 2.28.